The monoisotopic (exact) mass is 223 g/mol. The van der Waals surface area contributed by atoms with Crippen molar-refractivity contribution in [2.45, 2.75) is 12.3 Å². The molecular formula is C5H9ClF3NO3. The molecular weight excluding hydrogens is 215 g/mol. The molecule has 0 radical (unpaired) electrons. The Morgan fingerprint density at radius 3 is 1.62 bits per heavy atom. The second kappa shape index (κ2) is 6.01. The van der Waals surface area contributed by atoms with Gasteiger partial charge in [-0.05, 0) is 0 Å². The zero-order chi connectivity index (χ0) is 9.78. The molecule has 0 saturated carbocycles. The summed E-state index contributed by atoms with van der Waals surface area (Å²) in [5.41, 5.74) is 0. The molecule has 0 aromatic heterocycles. The van der Waals surface area contributed by atoms with Crippen molar-refractivity contribution in [2.75, 3.05) is 13.1 Å². The van der Waals surface area contributed by atoms with E-state index in [1.54, 1.807) is 0 Å². The van der Waals surface area contributed by atoms with Gasteiger partial charge in [-0.1, -0.05) is 0 Å². The predicted molar refractivity (Wildman–Crippen MR) is 39.8 cm³/mol. The highest BCUT2D eigenvalue weighted by Gasteiger charge is 2.38. The zero-order valence-electron chi connectivity index (χ0n) is 6.34. The summed E-state index contributed by atoms with van der Waals surface area (Å²) in [5, 5.41) is 18.4. The minimum Gasteiger partial charge on any atom is -0.475 e. The molecule has 0 amide bonds. The summed E-state index contributed by atoms with van der Waals surface area (Å²) in [6, 6.07) is 0. The first kappa shape index (κ1) is 15.0. The van der Waals surface area contributed by atoms with E-state index in [0.717, 1.165) is 13.1 Å². The average molecular weight is 224 g/mol. The maximum atomic E-state index is 10.6. The van der Waals surface area contributed by atoms with Crippen molar-refractivity contribution in [1.29, 1.82) is 0 Å². The van der Waals surface area contributed by atoms with Gasteiger partial charge in [-0.2, -0.15) is 13.2 Å². The van der Waals surface area contributed by atoms with Crippen LogP contribution in [0.4, 0.5) is 13.2 Å². The molecule has 1 aliphatic heterocycles. The van der Waals surface area contributed by atoms with Crippen LogP contribution in [0.15, 0.2) is 0 Å². The molecule has 0 aromatic rings. The van der Waals surface area contributed by atoms with E-state index in [9.17, 15) is 13.2 Å². The molecule has 8 heteroatoms. The quantitative estimate of drug-likeness (QED) is 0.541. The number of alkyl halides is 3. The molecule has 1 rings (SSSR count). The van der Waals surface area contributed by atoms with Gasteiger partial charge in [0.15, 0.2) is 0 Å². The van der Waals surface area contributed by atoms with Crippen LogP contribution in [0.5, 0.6) is 0 Å². The molecule has 1 fully saturated rings. The van der Waals surface area contributed by atoms with Crippen molar-refractivity contribution >= 4 is 18.4 Å². The minimum atomic E-state index is -5.08. The molecule has 3 N–H and O–H groups in total. The Kier molecular flexibility index (Phi) is 6.91. The maximum absolute atomic E-state index is 10.6. The van der Waals surface area contributed by atoms with Crippen LogP contribution in [-0.2, 0) is 4.79 Å². The first-order valence-corrected chi connectivity index (χ1v) is 3.03. The molecule has 0 bridgehead atoms. The van der Waals surface area contributed by atoms with E-state index < -0.39 is 12.1 Å². The Bertz CT molecular complexity index is 160. The second-order valence-electron chi connectivity index (χ2n) is 2.11. The number of aliphatic carboxylic acids is 1. The summed E-state index contributed by atoms with van der Waals surface area (Å²) >= 11 is 0. The number of hydrogen-bond acceptors (Lipinski definition) is 3. The lowest BCUT2D eigenvalue weighted by atomic mass is 10.2. The van der Waals surface area contributed by atoms with E-state index in [-0.39, 0.29) is 18.5 Å². The number of halogens is 4. The molecule has 1 saturated heterocycles. The third-order valence-electron chi connectivity index (χ3n) is 1.00. The van der Waals surface area contributed by atoms with Crippen LogP contribution < -0.4 is 5.32 Å². The van der Waals surface area contributed by atoms with Crippen LogP contribution in [0.2, 0.25) is 0 Å². The number of carboxylic acids is 1. The summed E-state index contributed by atoms with van der Waals surface area (Å²) in [7, 11) is 0. The van der Waals surface area contributed by atoms with Gasteiger partial charge in [0.25, 0.3) is 0 Å². The Balaban J connectivity index is 0. The summed E-state index contributed by atoms with van der Waals surface area (Å²) in [6.45, 7) is 1.58. The first-order valence-electron chi connectivity index (χ1n) is 3.03. The van der Waals surface area contributed by atoms with E-state index in [1.807, 2.05) is 0 Å². The van der Waals surface area contributed by atoms with Gasteiger partial charge < -0.3 is 15.5 Å². The number of carbonyl (C=O) groups is 1. The van der Waals surface area contributed by atoms with Gasteiger partial charge in [0, 0.05) is 13.1 Å². The summed E-state index contributed by atoms with van der Waals surface area (Å²) in [4.78, 5) is 8.90. The van der Waals surface area contributed by atoms with E-state index in [0.29, 0.717) is 0 Å². The molecule has 80 valence electrons. The average Bonchev–Trinajstić information content (AvgIpc) is 1.83. The van der Waals surface area contributed by atoms with Crippen LogP contribution >= 0.6 is 12.4 Å². The molecule has 1 heterocycles. The van der Waals surface area contributed by atoms with Crippen LogP contribution in [0, 0.1) is 0 Å². The number of rotatable bonds is 0. The number of carboxylic acid groups (broad SMARTS) is 1. The Labute approximate surface area is 78.1 Å². The lowest BCUT2D eigenvalue weighted by Gasteiger charge is -2.20. The van der Waals surface area contributed by atoms with Gasteiger partial charge in [-0.15, -0.1) is 12.4 Å². The van der Waals surface area contributed by atoms with E-state index in [2.05, 4.69) is 5.32 Å². The van der Waals surface area contributed by atoms with Crippen molar-refractivity contribution in [1.82, 2.24) is 5.32 Å². The smallest absolute Gasteiger partial charge is 0.475 e. The minimum absolute atomic E-state index is 0. The van der Waals surface area contributed by atoms with E-state index >= 15 is 0 Å². The topological polar surface area (TPSA) is 69.6 Å². The van der Waals surface area contributed by atoms with Gasteiger partial charge in [-0.3, -0.25) is 0 Å². The van der Waals surface area contributed by atoms with Crippen molar-refractivity contribution in [3.05, 3.63) is 0 Å². The SMILES string of the molecule is Cl.O=C(O)C(F)(F)F.OC1CNC1. The third kappa shape index (κ3) is 7.82. The molecule has 0 unspecified atom stereocenters. The number of aliphatic hydroxyl groups is 1. The van der Waals surface area contributed by atoms with Gasteiger partial charge in [0.1, 0.15) is 0 Å². The number of nitrogens with one attached hydrogen (secondary N) is 1. The van der Waals surface area contributed by atoms with Gasteiger partial charge in [0.05, 0.1) is 6.10 Å². The van der Waals surface area contributed by atoms with Crippen molar-refractivity contribution in [3.8, 4) is 0 Å². The molecule has 0 aliphatic carbocycles. The maximum Gasteiger partial charge on any atom is 0.490 e. The molecule has 1 aliphatic rings. The number of hydrogen-bond donors (Lipinski definition) is 3. The highest BCUT2D eigenvalue weighted by Crippen LogP contribution is 2.13. The third-order valence-corrected chi connectivity index (χ3v) is 1.00. The van der Waals surface area contributed by atoms with Crippen molar-refractivity contribution in [3.63, 3.8) is 0 Å². The van der Waals surface area contributed by atoms with Gasteiger partial charge >= 0.3 is 12.1 Å². The standard InChI is InChI=1S/C3H7NO.C2HF3O2.ClH/c5-3-1-4-2-3;3-2(4,5)1(6)7;/h3-5H,1-2H2;(H,6,7);1H. The highest BCUT2D eigenvalue weighted by atomic mass is 35.5. The predicted octanol–water partition coefficient (Wildman–Crippen LogP) is 0.00560. The zero-order valence-corrected chi connectivity index (χ0v) is 7.15. The lowest BCUT2D eigenvalue weighted by Crippen LogP contribution is -2.46. The Morgan fingerprint density at radius 1 is 1.38 bits per heavy atom. The molecule has 0 spiro atoms. The summed E-state index contributed by atoms with van der Waals surface area (Å²) in [6.07, 6.45) is -5.13. The fourth-order valence-corrected chi connectivity index (χ4v) is 0.273. The molecule has 0 aromatic carbocycles. The lowest BCUT2D eigenvalue weighted by molar-refractivity contribution is -0.192. The van der Waals surface area contributed by atoms with Crippen LogP contribution in [0.3, 0.4) is 0 Å². The first-order chi connectivity index (χ1) is 5.34. The number of β-amino-alcohol motifs (C(OH)–C–C–N with tert-alkyl or cyclic N) is 1. The van der Waals surface area contributed by atoms with Crippen LogP contribution in [-0.4, -0.2) is 41.6 Å². The Hall–Kier alpha value is -0.530. The fraction of sp³-hybridized carbons (Fsp3) is 0.800. The molecule has 4 nitrogen and oxygen atoms in total. The number of aliphatic hydroxyl groups excluding tert-OH is 1. The van der Waals surface area contributed by atoms with Crippen molar-refractivity contribution < 1.29 is 28.2 Å². The van der Waals surface area contributed by atoms with Crippen molar-refractivity contribution in [2.24, 2.45) is 0 Å². The van der Waals surface area contributed by atoms with Gasteiger partial charge in [-0.25, -0.2) is 4.79 Å². The summed E-state index contributed by atoms with van der Waals surface area (Å²) < 4.78 is 31.7. The molecule has 0 atom stereocenters. The van der Waals surface area contributed by atoms with Crippen LogP contribution in [0.1, 0.15) is 0 Å². The highest BCUT2D eigenvalue weighted by molar-refractivity contribution is 5.85. The van der Waals surface area contributed by atoms with Crippen LogP contribution in [0.25, 0.3) is 0 Å². The van der Waals surface area contributed by atoms with E-state index in [1.165, 1.54) is 0 Å². The van der Waals surface area contributed by atoms with Gasteiger partial charge in [0.2, 0.25) is 0 Å². The summed E-state index contributed by atoms with van der Waals surface area (Å²) in [5.74, 6) is -2.76. The normalized spacial score (nSPS) is 16.0. The fourth-order valence-electron chi connectivity index (χ4n) is 0.273. The largest absolute Gasteiger partial charge is 0.490 e. The Morgan fingerprint density at radius 2 is 1.62 bits per heavy atom. The molecule has 13 heavy (non-hydrogen) atoms. The van der Waals surface area contributed by atoms with E-state index in [4.69, 9.17) is 15.0 Å². The second-order valence-corrected chi connectivity index (χ2v) is 2.11.